The van der Waals surface area contributed by atoms with Gasteiger partial charge in [0.15, 0.2) is 0 Å². The lowest BCUT2D eigenvalue weighted by atomic mass is 10.0. The number of ether oxygens (including phenoxy) is 1. The fourth-order valence-electron chi connectivity index (χ4n) is 2.86. The van der Waals surface area contributed by atoms with E-state index in [4.69, 9.17) is 16.3 Å². The van der Waals surface area contributed by atoms with Crippen molar-refractivity contribution < 1.29 is 9.53 Å². The largest absolute Gasteiger partial charge is 0.462 e. The molecule has 1 heterocycles. The molecule has 0 aliphatic heterocycles. The van der Waals surface area contributed by atoms with Crippen LogP contribution in [0.15, 0.2) is 53.3 Å². The molecule has 1 aromatic heterocycles. The maximum Gasteiger partial charge on any atom is 0.345 e. The number of H-pyrrole nitrogens is 1. The zero-order chi connectivity index (χ0) is 18.7. The minimum absolute atomic E-state index is 0.0375. The Bertz CT molecular complexity index is 999. The predicted molar refractivity (Wildman–Crippen MR) is 104 cm³/mol. The third-order valence-corrected chi connectivity index (χ3v) is 4.35. The molecule has 2 aromatic carbocycles. The number of halogens is 1. The van der Waals surface area contributed by atoms with Gasteiger partial charge in [0, 0.05) is 16.5 Å². The second kappa shape index (κ2) is 7.62. The highest BCUT2D eigenvalue weighted by atomic mass is 35.5. The Kier molecular flexibility index (Phi) is 5.28. The van der Waals surface area contributed by atoms with Crippen LogP contribution in [0.25, 0.3) is 10.9 Å². The Morgan fingerprint density at radius 1 is 1.23 bits per heavy atom. The van der Waals surface area contributed by atoms with E-state index >= 15 is 0 Å². The number of hydrogen-bond acceptors (Lipinski definition) is 4. The standard InChI is InChI=1S/C20H19ClN2O3/c1-3-26-20(25)17-18(22-12(2)13-7-5-4-6-8-13)15-10-9-14(21)11-16(15)23-19(17)24/h4-12H,3H2,1-2H3,(H2,22,23,24). The van der Waals surface area contributed by atoms with Gasteiger partial charge in [-0.25, -0.2) is 4.79 Å². The quantitative estimate of drug-likeness (QED) is 0.647. The summed E-state index contributed by atoms with van der Waals surface area (Å²) in [5.41, 5.74) is 1.48. The summed E-state index contributed by atoms with van der Waals surface area (Å²) < 4.78 is 5.08. The molecule has 1 unspecified atom stereocenters. The zero-order valence-corrected chi connectivity index (χ0v) is 15.3. The first-order valence-corrected chi connectivity index (χ1v) is 8.73. The summed E-state index contributed by atoms with van der Waals surface area (Å²) in [5, 5.41) is 4.50. The first-order valence-electron chi connectivity index (χ1n) is 8.35. The number of carbonyl (C=O) groups excluding carboxylic acids is 1. The van der Waals surface area contributed by atoms with Gasteiger partial charge < -0.3 is 15.0 Å². The minimum Gasteiger partial charge on any atom is -0.462 e. The van der Waals surface area contributed by atoms with Gasteiger partial charge >= 0.3 is 5.97 Å². The van der Waals surface area contributed by atoms with Crippen LogP contribution in [0.5, 0.6) is 0 Å². The summed E-state index contributed by atoms with van der Waals surface area (Å²) in [5.74, 6) is -0.659. The number of fused-ring (bicyclic) bond motifs is 1. The van der Waals surface area contributed by atoms with Crippen LogP contribution >= 0.6 is 11.6 Å². The number of esters is 1. The first kappa shape index (κ1) is 18.0. The molecule has 0 amide bonds. The van der Waals surface area contributed by atoms with Crippen LogP contribution in [-0.4, -0.2) is 17.6 Å². The van der Waals surface area contributed by atoms with E-state index in [2.05, 4.69) is 10.3 Å². The Balaban J connectivity index is 2.17. The molecule has 2 N–H and O–H groups in total. The molecule has 134 valence electrons. The summed E-state index contributed by atoms with van der Waals surface area (Å²) in [6.45, 7) is 3.85. The number of hydrogen-bond donors (Lipinski definition) is 2. The van der Waals surface area contributed by atoms with Gasteiger partial charge in [-0.1, -0.05) is 41.9 Å². The average molecular weight is 371 g/mol. The lowest BCUT2D eigenvalue weighted by molar-refractivity contribution is 0.0525. The minimum atomic E-state index is -0.659. The van der Waals surface area contributed by atoms with Crippen molar-refractivity contribution in [3.05, 3.63) is 75.0 Å². The molecule has 0 fully saturated rings. The fourth-order valence-corrected chi connectivity index (χ4v) is 3.03. The Labute approximate surface area is 156 Å². The van der Waals surface area contributed by atoms with E-state index in [-0.39, 0.29) is 18.2 Å². The van der Waals surface area contributed by atoms with E-state index in [0.29, 0.717) is 21.6 Å². The van der Waals surface area contributed by atoms with E-state index in [1.807, 2.05) is 37.3 Å². The molecule has 0 saturated carbocycles. The Hall–Kier alpha value is -2.79. The van der Waals surface area contributed by atoms with E-state index < -0.39 is 11.5 Å². The Morgan fingerprint density at radius 2 is 1.96 bits per heavy atom. The van der Waals surface area contributed by atoms with Crippen molar-refractivity contribution in [1.29, 1.82) is 0 Å². The van der Waals surface area contributed by atoms with Gasteiger partial charge in [-0.15, -0.1) is 0 Å². The molecular formula is C20H19ClN2O3. The third kappa shape index (κ3) is 3.58. The molecule has 0 aliphatic rings. The third-order valence-electron chi connectivity index (χ3n) is 4.12. The van der Waals surface area contributed by atoms with Crippen molar-refractivity contribution in [3.63, 3.8) is 0 Å². The average Bonchev–Trinajstić information content (AvgIpc) is 2.62. The van der Waals surface area contributed by atoms with Gasteiger partial charge in [-0.3, -0.25) is 4.79 Å². The highest BCUT2D eigenvalue weighted by Crippen LogP contribution is 2.30. The fraction of sp³-hybridized carbons (Fsp3) is 0.200. The van der Waals surface area contributed by atoms with Crippen molar-refractivity contribution >= 4 is 34.2 Å². The van der Waals surface area contributed by atoms with E-state index in [0.717, 1.165) is 5.56 Å². The Morgan fingerprint density at radius 3 is 2.65 bits per heavy atom. The number of aromatic amines is 1. The number of rotatable bonds is 5. The highest BCUT2D eigenvalue weighted by molar-refractivity contribution is 6.31. The monoisotopic (exact) mass is 370 g/mol. The number of pyridine rings is 1. The molecule has 0 spiro atoms. The summed E-state index contributed by atoms with van der Waals surface area (Å²) in [4.78, 5) is 27.7. The topological polar surface area (TPSA) is 71.2 Å². The first-order chi connectivity index (χ1) is 12.5. The molecule has 0 radical (unpaired) electrons. The lowest BCUT2D eigenvalue weighted by Crippen LogP contribution is -2.23. The molecular weight excluding hydrogens is 352 g/mol. The van der Waals surface area contributed by atoms with Crippen molar-refractivity contribution in [2.24, 2.45) is 0 Å². The number of benzene rings is 2. The maximum absolute atomic E-state index is 12.6. The van der Waals surface area contributed by atoms with Crippen LogP contribution in [0.2, 0.25) is 5.02 Å². The van der Waals surface area contributed by atoms with Crippen LogP contribution in [0.1, 0.15) is 35.8 Å². The van der Waals surface area contributed by atoms with Crippen molar-refractivity contribution in [2.75, 3.05) is 11.9 Å². The van der Waals surface area contributed by atoms with E-state index in [9.17, 15) is 9.59 Å². The van der Waals surface area contributed by atoms with Crippen LogP contribution in [0.4, 0.5) is 5.69 Å². The molecule has 5 nitrogen and oxygen atoms in total. The molecule has 0 saturated heterocycles. The van der Waals surface area contributed by atoms with Crippen LogP contribution in [0.3, 0.4) is 0 Å². The van der Waals surface area contributed by atoms with E-state index in [1.165, 1.54) is 0 Å². The molecule has 26 heavy (non-hydrogen) atoms. The second-order valence-electron chi connectivity index (χ2n) is 5.89. The lowest BCUT2D eigenvalue weighted by Gasteiger charge is -2.19. The summed E-state index contributed by atoms with van der Waals surface area (Å²) in [6.07, 6.45) is 0. The number of anilines is 1. The van der Waals surface area contributed by atoms with Gasteiger partial charge in [-0.2, -0.15) is 0 Å². The van der Waals surface area contributed by atoms with Gasteiger partial charge in [-0.05, 0) is 37.6 Å². The van der Waals surface area contributed by atoms with Crippen LogP contribution in [-0.2, 0) is 4.74 Å². The van der Waals surface area contributed by atoms with Crippen molar-refractivity contribution in [1.82, 2.24) is 4.98 Å². The van der Waals surface area contributed by atoms with Crippen molar-refractivity contribution in [3.8, 4) is 0 Å². The SMILES string of the molecule is CCOC(=O)c1c(NC(C)c2ccccc2)c2ccc(Cl)cc2[nH]c1=O. The summed E-state index contributed by atoms with van der Waals surface area (Å²) in [6, 6.07) is 14.8. The molecule has 0 bridgehead atoms. The molecule has 1 atom stereocenters. The van der Waals surface area contributed by atoms with Crippen LogP contribution < -0.4 is 10.9 Å². The molecule has 3 rings (SSSR count). The van der Waals surface area contributed by atoms with Gasteiger partial charge in [0.1, 0.15) is 5.56 Å². The van der Waals surface area contributed by atoms with Gasteiger partial charge in [0.2, 0.25) is 0 Å². The number of aromatic nitrogens is 1. The molecule has 6 heteroatoms. The predicted octanol–water partition coefficient (Wildman–Crippen LogP) is 4.53. The molecule has 3 aromatic rings. The summed E-state index contributed by atoms with van der Waals surface area (Å²) >= 11 is 6.04. The van der Waals surface area contributed by atoms with E-state index in [1.54, 1.807) is 25.1 Å². The highest BCUT2D eigenvalue weighted by Gasteiger charge is 2.22. The van der Waals surface area contributed by atoms with Gasteiger partial charge in [0.05, 0.1) is 17.8 Å². The number of nitrogens with one attached hydrogen (secondary N) is 2. The summed E-state index contributed by atoms with van der Waals surface area (Å²) in [7, 11) is 0. The van der Waals surface area contributed by atoms with Crippen LogP contribution in [0, 0.1) is 0 Å². The smallest absolute Gasteiger partial charge is 0.345 e. The number of carbonyl (C=O) groups is 1. The van der Waals surface area contributed by atoms with Gasteiger partial charge in [0.25, 0.3) is 5.56 Å². The molecule has 0 aliphatic carbocycles. The normalized spacial score (nSPS) is 12.0. The second-order valence-corrected chi connectivity index (χ2v) is 6.33. The van der Waals surface area contributed by atoms with Crippen molar-refractivity contribution in [2.45, 2.75) is 19.9 Å². The maximum atomic E-state index is 12.6. The zero-order valence-electron chi connectivity index (χ0n) is 14.5.